The molecule has 4 aromatic carbocycles. The number of hydrogen-bond donors (Lipinski definition) is 1. The highest BCUT2D eigenvalue weighted by atomic mass is 16.5. The monoisotopic (exact) mass is 362 g/mol. The molecule has 132 valence electrons. The van der Waals surface area contributed by atoms with Crippen LogP contribution in [0.15, 0.2) is 78.9 Å². The van der Waals surface area contributed by atoms with Crippen LogP contribution in [0.25, 0.3) is 21.8 Å². The molecule has 0 atom stereocenters. The lowest BCUT2D eigenvalue weighted by Crippen LogP contribution is -2.20. The number of nitrogens with zero attached hydrogens (tertiary/aromatic N) is 1. The Morgan fingerprint density at radius 3 is 2.14 bits per heavy atom. The number of benzene rings is 4. The van der Waals surface area contributed by atoms with Crippen LogP contribution in [0.4, 0.5) is 17.1 Å². The average Bonchev–Trinajstić information content (AvgIpc) is 3.12. The van der Waals surface area contributed by atoms with Crippen molar-refractivity contribution in [3.8, 4) is 23.0 Å². The minimum atomic E-state index is 0.803. The molecule has 5 aromatic rings. The number of hydrogen-bond acceptors (Lipinski definition) is 3. The Kier molecular flexibility index (Phi) is 2.46. The number of ether oxygens (including phenoxy) is 2. The fourth-order valence-electron chi connectivity index (χ4n) is 4.37. The van der Waals surface area contributed by atoms with Gasteiger partial charge in [0, 0.05) is 16.3 Å². The van der Waals surface area contributed by atoms with Crippen LogP contribution >= 0.6 is 0 Å². The zero-order valence-electron chi connectivity index (χ0n) is 14.8. The quantitative estimate of drug-likeness (QED) is 0.315. The van der Waals surface area contributed by atoms with Crippen LogP contribution in [0.1, 0.15) is 0 Å². The molecule has 7 rings (SSSR count). The summed E-state index contributed by atoms with van der Waals surface area (Å²) in [7, 11) is 0. The predicted octanol–water partition coefficient (Wildman–Crippen LogP) is 7.00. The van der Waals surface area contributed by atoms with Crippen LogP contribution in [0.5, 0.6) is 23.0 Å². The summed E-state index contributed by atoms with van der Waals surface area (Å²) >= 11 is 0. The van der Waals surface area contributed by atoms with Gasteiger partial charge in [0.05, 0.1) is 16.9 Å². The van der Waals surface area contributed by atoms with E-state index in [9.17, 15) is 0 Å². The number of H-pyrrole nitrogens is 1. The molecule has 3 heterocycles. The van der Waals surface area contributed by atoms with E-state index in [1.165, 1.54) is 0 Å². The second-order valence-electron chi connectivity index (χ2n) is 7.12. The minimum Gasteiger partial charge on any atom is -0.453 e. The fraction of sp³-hybridized carbons (Fsp3) is 0. The van der Waals surface area contributed by atoms with E-state index >= 15 is 0 Å². The summed E-state index contributed by atoms with van der Waals surface area (Å²) in [6.07, 6.45) is 0. The van der Waals surface area contributed by atoms with Crippen molar-refractivity contribution in [2.45, 2.75) is 0 Å². The van der Waals surface area contributed by atoms with E-state index in [0.717, 1.165) is 61.9 Å². The topological polar surface area (TPSA) is 37.5 Å². The molecule has 4 heteroatoms. The first-order valence-corrected chi connectivity index (χ1v) is 9.30. The molecular formula is C24H14N2O2. The maximum atomic E-state index is 6.43. The highest BCUT2D eigenvalue weighted by Gasteiger charge is 2.36. The second kappa shape index (κ2) is 4.87. The number of nitrogens with one attached hydrogen (secondary N) is 1. The largest absolute Gasteiger partial charge is 0.453 e. The Morgan fingerprint density at radius 2 is 1.32 bits per heavy atom. The second-order valence-corrected chi connectivity index (χ2v) is 7.12. The number of anilines is 3. The van der Waals surface area contributed by atoms with E-state index in [4.69, 9.17) is 9.47 Å². The minimum absolute atomic E-state index is 0.803. The number of rotatable bonds is 0. The van der Waals surface area contributed by atoms with Gasteiger partial charge in [-0.2, -0.15) is 0 Å². The Bertz CT molecular complexity index is 1420. The smallest absolute Gasteiger partial charge is 0.179 e. The summed E-state index contributed by atoms with van der Waals surface area (Å²) < 4.78 is 12.8. The molecule has 0 saturated heterocycles. The van der Waals surface area contributed by atoms with Gasteiger partial charge in [-0.05, 0) is 36.4 Å². The van der Waals surface area contributed by atoms with Gasteiger partial charge in [0.2, 0.25) is 0 Å². The Balaban J connectivity index is 1.65. The molecule has 28 heavy (non-hydrogen) atoms. The number of fused-ring (bicyclic) bond motifs is 8. The van der Waals surface area contributed by atoms with Gasteiger partial charge in [-0.25, -0.2) is 0 Å². The molecule has 0 aliphatic carbocycles. The predicted molar refractivity (Wildman–Crippen MR) is 111 cm³/mol. The lowest BCUT2D eigenvalue weighted by atomic mass is 10.0. The molecule has 4 nitrogen and oxygen atoms in total. The third kappa shape index (κ3) is 1.65. The van der Waals surface area contributed by atoms with Crippen LogP contribution in [-0.2, 0) is 0 Å². The summed E-state index contributed by atoms with van der Waals surface area (Å²) in [5, 5.41) is 2.26. The average molecular weight is 362 g/mol. The number of aromatic nitrogens is 1. The van der Waals surface area contributed by atoms with Crippen LogP contribution in [0, 0.1) is 0 Å². The van der Waals surface area contributed by atoms with Crippen molar-refractivity contribution in [3.63, 3.8) is 0 Å². The fourth-order valence-corrected chi connectivity index (χ4v) is 4.37. The molecule has 0 amide bonds. The number of para-hydroxylation sites is 5. The van der Waals surface area contributed by atoms with E-state index < -0.39 is 0 Å². The van der Waals surface area contributed by atoms with Gasteiger partial charge < -0.3 is 14.5 Å². The third-order valence-electron chi connectivity index (χ3n) is 5.57. The molecule has 1 N–H and O–H groups in total. The summed E-state index contributed by atoms with van der Waals surface area (Å²) in [6.45, 7) is 0. The van der Waals surface area contributed by atoms with Crippen LogP contribution in [-0.4, -0.2) is 4.98 Å². The molecule has 0 bridgehead atoms. The number of aromatic amines is 1. The van der Waals surface area contributed by atoms with Crippen LogP contribution < -0.4 is 14.4 Å². The Hall–Kier alpha value is -3.92. The van der Waals surface area contributed by atoms with Crippen molar-refractivity contribution in [3.05, 3.63) is 78.9 Å². The van der Waals surface area contributed by atoms with Crippen molar-refractivity contribution in [2.24, 2.45) is 0 Å². The lowest BCUT2D eigenvalue weighted by molar-refractivity contribution is 0.449. The van der Waals surface area contributed by atoms with Crippen molar-refractivity contribution in [1.82, 2.24) is 4.98 Å². The van der Waals surface area contributed by atoms with Gasteiger partial charge in [-0.1, -0.05) is 42.5 Å². The summed E-state index contributed by atoms with van der Waals surface area (Å²) in [5.41, 5.74) is 5.05. The SMILES string of the molecule is c1ccc2c(c1)Oc1cc3c([nH]c4ccccc43)c3c1N2c1ccccc1O3. The molecule has 2 aliphatic heterocycles. The van der Waals surface area contributed by atoms with E-state index in [2.05, 4.69) is 46.3 Å². The maximum absolute atomic E-state index is 6.43. The van der Waals surface area contributed by atoms with E-state index in [-0.39, 0.29) is 0 Å². The standard InChI is InChI=1S/C24H14N2O2/c1-2-8-16-14(7-1)15-13-21-23-24(22(15)25-16)28-20-12-6-4-10-18(20)26(23)17-9-3-5-11-19(17)27-21/h1-13,25H. The van der Waals surface area contributed by atoms with Gasteiger partial charge in [0.15, 0.2) is 23.0 Å². The lowest BCUT2D eigenvalue weighted by Gasteiger charge is -2.37. The van der Waals surface area contributed by atoms with Crippen molar-refractivity contribution < 1.29 is 9.47 Å². The molecule has 0 fully saturated rings. The highest BCUT2D eigenvalue weighted by Crippen LogP contribution is 2.61. The van der Waals surface area contributed by atoms with E-state index in [0.29, 0.717) is 0 Å². The maximum Gasteiger partial charge on any atom is 0.179 e. The van der Waals surface area contributed by atoms with Crippen LogP contribution in [0.3, 0.4) is 0 Å². The van der Waals surface area contributed by atoms with Gasteiger partial charge in [0.25, 0.3) is 0 Å². The first-order chi connectivity index (χ1) is 13.9. The summed E-state index contributed by atoms with van der Waals surface area (Å²) in [4.78, 5) is 5.79. The van der Waals surface area contributed by atoms with Crippen molar-refractivity contribution in [1.29, 1.82) is 0 Å². The van der Waals surface area contributed by atoms with Gasteiger partial charge in [0.1, 0.15) is 5.69 Å². The third-order valence-corrected chi connectivity index (χ3v) is 5.57. The molecule has 2 aliphatic rings. The molecule has 0 spiro atoms. The van der Waals surface area contributed by atoms with Crippen molar-refractivity contribution in [2.75, 3.05) is 4.90 Å². The molecule has 0 saturated carbocycles. The van der Waals surface area contributed by atoms with E-state index in [1.807, 2.05) is 42.5 Å². The van der Waals surface area contributed by atoms with Crippen LogP contribution in [0.2, 0.25) is 0 Å². The molecule has 1 aromatic heterocycles. The first kappa shape index (κ1) is 14.2. The summed E-state index contributed by atoms with van der Waals surface area (Å²) in [6, 6.07) is 26.7. The Labute approximate surface area is 160 Å². The van der Waals surface area contributed by atoms with Crippen molar-refractivity contribution >= 4 is 38.9 Å². The highest BCUT2D eigenvalue weighted by molar-refractivity contribution is 6.14. The Morgan fingerprint density at radius 1 is 0.643 bits per heavy atom. The van der Waals surface area contributed by atoms with E-state index in [1.54, 1.807) is 0 Å². The zero-order chi connectivity index (χ0) is 18.2. The van der Waals surface area contributed by atoms with Gasteiger partial charge in [-0.15, -0.1) is 0 Å². The van der Waals surface area contributed by atoms with Gasteiger partial charge >= 0.3 is 0 Å². The summed E-state index contributed by atoms with van der Waals surface area (Å²) in [5.74, 6) is 3.29. The first-order valence-electron chi connectivity index (χ1n) is 9.30. The molecule has 0 radical (unpaired) electrons. The molecular weight excluding hydrogens is 348 g/mol. The molecule has 0 unspecified atom stereocenters. The normalized spacial score (nSPS) is 13.5. The van der Waals surface area contributed by atoms with Gasteiger partial charge in [-0.3, -0.25) is 4.90 Å². The zero-order valence-corrected chi connectivity index (χ0v) is 14.8.